The average Bonchev–Trinajstić information content (AvgIpc) is 2.99. The first-order valence-corrected chi connectivity index (χ1v) is 8.13. The zero-order valence-corrected chi connectivity index (χ0v) is 15.1. The van der Waals surface area contributed by atoms with E-state index in [1.54, 1.807) is 6.07 Å². The molecule has 0 unspecified atom stereocenters. The van der Waals surface area contributed by atoms with Gasteiger partial charge in [0.25, 0.3) is 5.88 Å². The fourth-order valence-corrected chi connectivity index (χ4v) is 2.47. The van der Waals surface area contributed by atoms with Crippen molar-refractivity contribution in [2.24, 2.45) is 5.73 Å². The van der Waals surface area contributed by atoms with Gasteiger partial charge >= 0.3 is 6.09 Å². The molecule has 3 rings (SSSR count). The number of hydrogen-bond acceptors (Lipinski definition) is 6. The number of rotatable bonds is 3. The second-order valence-corrected chi connectivity index (χ2v) is 6.41. The molecular weight excluding hydrogens is 479 g/mol. The first-order chi connectivity index (χ1) is 11.0. The lowest BCUT2D eigenvalue weighted by atomic mass is 10.1. The Morgan fingerprint density at radius 3 is 2.74 bits per heavy atom. The quantitative estimate of drug-likeness (QED) is 0.567. The second kappa shape index (κ2) is 6.62. The number of amides is 1. The van der Waals surface area contributed by atoms with Gasteiger partial charge in [-0.25, -0.2) is 14.8 Å². The smallest absolute Gasteiger partial charge is 0.389 e. The Bertz CT molecular complexity index is 867. The van der Waals surface area contributed by atoms with Gasteiger partial charge in [-0.2, -0.15) is 0 Å². The summed E-state index contributed by atoms with van der Waals surface area (Å²) in [5.74, 6) is 0.259. The maximum absolute atomic E-state index is 11.0. The van der Waals surface area contributed by atoms with Crippen LogP contribution in [0.15, 0.2) is 45.7 Å². The van der Waals surface area contributed by atoms with Crippen molar-refractivity contribution in [3.8, 4) is 28.6 Å². The summed E-state index contributed by atoms with van der Waals surface area (Å²) in [4.78, 5) is 19.1. The Balaban J connectivity index is 2.01. The Hall–Kier alpha value is -2.01. The van der Waals surface area contributed by atoms with Gasteiger partial charge in [-0.15, -0.1) is 0 Å². The van der Waals surface area contributed by atoms with Crippen LogP contribution in [0.5, 0.6) is 5.88 Å². The zero-order valence-electron chi connectivity index (χ0n) is 11.4. The summed E-state index contributed by atoms with van der Waals surface area (Å²) in [5.41, 5.74) is 6.77. The van der Waals surface area contributed by atoms with Crippen LogP contribution in [0.4, 0.5) is 4.79 Å². The van der Waals surface area contributed by atoms with Crippen molar-refractivity contribution in [1.82, 2.24) is 15.1 Å². The fraction of sp³-hybridized carbons (Fsp3) is 0. The lowest BCUT2D eigenvalue weighted by Crippen LogP contribution is -2.17. The molecule has 23 heavy (non-hydrogen) atoms. The maximum Gasteiger partial charge on any atom is 0.411 e. The van der Waals surface area contributed by atoms with E-state index in [9.17, 15) is 4.79 Å². The van der Waals surface area contributed by atoms with E-state index in [0.717, 1.165) is 9.13 Å². The van der Waals surface area contributed by atoms with Gasteiger partial charge in [-0.1, -0.05) is 17.3 Å². The number of carbonyl (C=O) groups is 1. The topological polar surface area (TPSA) is 104 Å². The largest absolute Gasteiger partial charge is 0.411 e. The Morgan fingerprint density at radius 1 is 1.30 bits per heavy atom. The van der Waals surface area contributed by atoms with E-state index < -0.39 is 6.09 Å². The molecule has 2 heterocycles. The molecule has 1 aromatic carbocycles. The number of hydrogen-bond donors (Lipinski definition) is 1. The highest BCUT2D eigenvalue weighted by Crippen LogP contribution is 2.31. The predicted molar refractivity (Wildman–Crippen MR) is 93.6 cm³/mol. The van der Waals surface area contributed by atoms with Crippen LogP contribution in [0.1, 0.15) is 0 Å². The van der Waals surface area contributed by atoms with Gasteiger partial charge in [-0.3, -0.25) is 0 Å². The van der Waals surface area contributed by atoms with E-state index >= 15 is 0 Å². The number of benzene rings is 1. The van der Waals surface area contributed by atoms with E-state index in [1.165, 1.54) is 6.20 Å². The lowest BCUT2D eigenvalue weighted by Gasteiger charge is -2.03. The third-order valence-corrected chi connectivity index (χ3v) is 3.89. The highest BCUT2D eigenvalue weighted by Gasteiger charge is 2.18. The summed E-state index contributed by atoms with van der Waals surface area (Å²) in [5, 5.41) is 4.01. The number of carbonyl (C=O) groups excluding carboxylic acids is 1. The van der Waals surface area contributed by atoms with Crippen molar-refractivity contribution >= 4 is 44.6 Å². The normalized spacial score (nSPS) is 10.5. The minimum atomic E-state index is -0.986. The van der Waals surface area contributed by atoms with Crippen molar-refractivity contribution in [1.29, 1.82) is 0 Å². The van der Waals surface area contributed by atoms with Crippen molar-refractivity contribution < 1.29 is 14.1 Å². The Labute approximate surface area is 152 Å². The first-order valence-electron chi connectivity index (χ1n) is 6.26. The van der Waals surface area contributed by atoms with Crippen molar-refractivity contribution in [2.45, 2.75) is 0 Å². The maximum atomic E-state index is 11.0. The number of nitrogens with two attached hydrogens (primary N) is 1. The van der Waals surface area contributed by atoms with Crippen molar-refractivity contribution in [2.75, 3.05) is 0 Å². The molecule has 0 bridgehead atoms. The molecule has 0 aliphatic rings. The monoisotopic (exact) mass is 486 g/mol. The summed E-state index contributed by atoms with van der Waals surface area (Å²) < 4.78 is 11.7. The third-order valence-electron chi connectivity index (χ3n) is 2.79. The predicted octanol–water partition coefficient (Wildman–Crippen LogP) is 3.62. The second-order valence-electron chi connectivity index (χ2n) is 4.35. The van der Waals surface area contributed by atoms with E-state index in [1.807, 2.05) is 24.3 Å². The molecule has 2 N–H and O–H groups in total. The van der Waals surface area contributed by atoms with Crippen LogP contribution >= 0.6 is 38.5 Å². The zero-order chi connectivity index (χ0) is 16.4. The van der Waals surface area contributed by atoms with Gasteiger partial charge in [0.2, 0.25) is 0 Å². The van der Waals surface area contributed by atoms with Gasteiger partial charge in [0.05, 0.1) is 6.20 Å². The fourth-order valence-electron chi connectivity index (χ4n) is 1.83. The molecule has 2 aromatic heterocycles. The molecule has 0 spiro atoms. The van der Waals surface area contributed by atoms with Gasteiger partial charge < -0.3 is 15.0 Å². The standard InChI is InChI=1S/C14H8BrIN4O3/c15-11-6-18-13(22-14(17)21)12(19-11)10-5-9(20-23-10)7-1-3-8(16)4-2-7/h1-6H,(H2,17,21). The molecule has 0 aliphatic carbocycles. The summed E-state index contributed by atoms with van der Waals surface area (Å²) in [6, 6.07) is 9.47. The van der Waals surface area contributed by atoms with E-state index in [2.05, 4.69) is 53.6 Å². The SMILES string of the molecule is NC(=O)Oc1ncc(Br)nc1-c1cc(-c2ccc(I)cc2)no1. The van der Waals surface area contributed by atoms with Crippen LogP contribution in [-0.2, 0) is 0 Å². The number of aromatic nitrogens is 3. The minimum absolute atomic E-state index is 0.0500. The van der Waals surface area contributed by atoms with Crippen LogP contribution < -0.4 is 10.5 Å². The number of halogens is 2. The molecule has 0 radical (unpaired) electrons. The molecule has 3 aromatic rings. The molecule has 0 aliphatic heterocycles. The van der Waals surface area contributed by atoms with E-state index in [0.29, 0.717) is 16.1 Å². The van der Waals surface area contributed by atoms with Crippen LogP contribution in [0.3, 0.4) is 0 Å². The highest BCUT2D eigenvalue weighted by molar-refractivity contribution is 14.1. The molecule has 116 valence electrons. The molecule has 9 heteroatoms. The first kappa shape index (κ1) is 15.9. The van der Waals surface area contributed by atoms with Gasteiger partial charge in [0.1, 0.15) is 10.3 Å². The summed E-state index contributed by atoms with van der Waals surface area (Å²) in [6.07, 6.45) is 0.401. The highest BCUT2D eigenvalue weighted by atomic mass is 127. The average molecular weight is 487 g/mol. The number of nitrogens with zero attached hydrogens (tertiary/aromatic N) is 3. The number of ether oxygens (including phenoxy) is 1. The Kier molecular flexibility index (Phi) is 4.57. The molecule has 0 fully saturated rings. The van der Waals surface area contributed by atoms with E-state index in [4.69, 9.17) is 15.0 Å². The molecular formula is C14H8BrIN4O3. The molecule has 0 atom stereocenters. The van der Waals surface area contributed by atoms with Crippen molar-refractivity contribution in [3.05, 3.63) is 44.7 Å². The lowest BCUT2D eigenvalue weighted by molar-refractivity contribution is 0.209. The molecule has 0 saturated carbocycles. The van der Waals surface area contributed by atoms with Crippen molar-refractivity contribution in [3.63, 3.8) is 0 Å². The van der Waals surface area contributed by atoms with Crippen LogP contribution in [0.25, 0.3) is 22.7 Å². The minimum Gasteiger partial charge on any atom is -0.389 e. The number of primary amides is 1. The van der Waals surface area contributed by atoms with E-state index in [-0.39, 0.29) is 11.6 Å². The van der Waals surface area contributed by atoms with Gasteiger partial charge in [0.15, 0.2) is 11.5 Å². The molecule has 1 amide bonds. The summed E-state index contributed by atoms with van der Waals surface area (Å²) in [7, 11) is 0. The molecule has 0 saturated heterocycles. The summed E-state index contributed by atoms with van der Waals surface area (Å²) in [6.45, 7) is 0. The van der Waals surface area contributed by atoms with Crippen LogP contribution in [0, 0.1) is 3.57 Å². The third kappa shape index (κ3) is 3.67. The van der Waals surface area contributed by atoms with Gasteiger partial charge in [-0.05, 0) is 50.7 Å². The van der Waals surface area contributed by atoms with Crippen LogP contribution in [0.2, 0.25) is 0 Å². The van der Waals surface area contributed by atoms with Gasteiger partial charge in [0, 0.05) is 15.2 Å². The molecule has 7 nitrogen and oxygen atoms in total. The summed E-state index contributed by atoms with van der Waals surface area (Å²) >= 11 is 5.43. The van der Waals surface area contributed by atoms with Crippen LogP contribution in [-0.4, -0.2) is 21.2 Å². The Morgan fingerprint density at radius 2 is 2.04 bits per heavy atom.